The number of nitrogens with zero attached hydrogens (tertiary/aromatic N) is 4. The van der Waals surface area contributed by atoms with Crippen molar-refractivity contribution in [2.24, 2.45) is 16.6 Å². The van der Waals surface area contributed by atoms with Crippen LogP contribution in [-0.4, -0.2) is 56.0 Å². The van der Waals surface area contributed by atoms with Crippen molar-refractivity contribution in [3.8, 4) is 0 Å². The van der Waals surface area contributed by atoms with Crippen molar-refractivity contribution in [1.29, 1.82) is 0 Å². The minimum atomic E-state index is -1.17. The number of aromatic carboxylic acids is 1. The molecule has 226 valence electrons. The molecule has 7 rings (SSSR count). The van der Waals surface area contributed by atoms with E-state index in [1.54, 1.807) is 13.0 Å². The fourth-order valence-electron chi connectivity index (χ4n) is 5.75. The standard InChI is InChI=1S/C17H13N5O4.C11H19NO2.CH4.ClH/c1-9-20-11-6-10(2-3-14(11)26-9)8-19-15(23)12-7-13(16(24)25)22-5-4-18-17(22)21-12;1-14-9(13)11-5-2-10(8-12,3-6-11)4-7-11;;/h2-7H,8H2,1H3,(H,19,23)(H,24,25);2-8,12H2,1H3;1H4;1H. The molecule has 3 heterocycles. The summed E-state index contributed by atoms with van der Waals surface area (Å²) in [5, 5.41) is 12.0. The molecule has 42 heavy (non-hydrogen) atoms. The zero-order valence-electron chi connectivity index (χ0n) is 22.9. The number of amides is 1. The summed E-state index contributed by atoms with van der Waals surface area (Å²) >= 11 is 0. The average molecular weight is 601 g/mol. The fourth-order valence-corrected chi connectivity index (χ4v) is 5.75. The summed E-state index contributed by atoms with van der Waals surface area (Å²) in [4.78, 5) is 47.7. The first-order chi connectivity index (χ1) is 19.2. The molecule has 0 aliphatic heterocycles. The summed E-state index contributed by atoms with van der Waals surface area (Å²) in [6.45, 7) is 2.79. The lowest BCUT2D eigenvalue weighted by molar-refractivity contribution is -0.162. The number of ether oxygens (including phenoxy) is 1. The van der Waals surface area contributed by atoms with E-state index in [1.807, 2.05) is 12.1 Å². The maximum absolute atomic E-state index is 12.4. The van der Waals surface area contributed by atoms with Gasteiger partial charge in [-0.1, -0.05) is 13.5 Å². The molecule has 0 saturated heterocycles. The number of carbonyl (C=O) groups excluding carboxylic acids is 2. The summed E-state index contributed by atoms with van der Waals surface area (Å²) in [5.74, 6) is -0.942. The third kappa shape index (κ3) is 6.24. The number of nitrogens with one attached hydrogen (secondary N) is 1. The maximum Gasteiger partial charge on any atom is 0.353 e. The van der Waals surface area contributed by atoms with Crippen LogP contribution in [0.2, 0.25) is 0 Å². The largest absolute Gasteiger partial charge is 0.477 e. The number of halogens is 1. The number of esters is 1. The number of carboxylic acid groups (broad SMARTS) is 1. The Balaban J connectivity index is 0.000000258. The smallest absolute Gasteiger partial charge is 0.353 e. The van der Waals surface area contributed by atoms with E-state index in [1.165, 1.54) is 30.0 Å². The maximum atomic E-state index is 12.4. The van der Waals surface area contributed by atoms with Gasteiger partial charge in [-0.3, -0.25) is 14.0 Å². The lowest BCUT2D eigenvalue weighted by Gasteiger charge is -2.51. The number of imidazole rings is 1. The van der Waals surface area contributed by atoms with Crippen molar-refractivity contribution in [1.82, 2.24) is 24.7 Å². The molecule has 13 heteroatoms. The second-order valence-electron chi connectivity index (χ2n) is 10.6. The Labute approximate surface area is 249 Å². The van der Waals surface area contributed by atoms with Crippen LogP contribution < -0.4 is 11.1 Å². The Morgan fingerprint density at radius 3 is 2.43 bits per heavy atom. The molecule has 0 unspecified atom stereocenters. The number of carbonyl (C=O) groups is 3. The molecule has 0 spiro atoms. The van der Waals surface area contributed by atoms with E-state index in [0.717, 1.165) is 50.6 Å². The second-order valence-corrected chi connectivity index (χ2v) is 10.6. The second kappa shape index (κ2) is 12.9. The van der Waals surface area contributed by atoms with Gasteiger partial charge in [0.1, 0.15) is 16.9 Å². The number of aromatic nitrogens is 4. The van der Waals surface area contributed by atoms with Gasteiger partial charge in [0.15, 0.2) is 11.5 Å². The Morgan fingerprint density at radius 2 is 1.81 bits per heavy atom. The summed E-state index contributed by atoms with van der Waals surface area (Å²) in [5.41, 5.74) is 8.13. The topological polar surface area (TPSA) is 175 Å². The number of hydrogen-bond donors (Lipinski definition) is 3. The van der Waals surface area contributed by atoms with E-state index in [2.05, 4.69) is 20.3 Å². The number of hydrogen-bond acceptors (Lipinski definition) is 9. The minimum Gasteiger partial charge on any atom is -0.477 e. The van der Waals surface area contributed by atoms with Crippen LogP contribution in [-0.2, 0) is 16.1 Å². The summed E-state index contributed by atoms with van der Waals surface area (Å²) < 4.78 is 11.6. The van der Waals surface area contributed by atoms with E-state index < -0.39 is 11.9 Å². The number of methoxy groups -OCH3 is 1. The predicted molar refractivity (Wildman–Crippen MR) is 157 cm³/mol. The molecule has 3 aromatic heterocycles. The van der Waals surface area contributed by atoms with Gasteiger partial charge >= 0.3 is 11.9 Å². The SMILES string of the molecule is C.COC(=O)C12CCC(CN)(CC1)CC2.Cc1nc2cc(CNC(=O)c3cc(C(=O)O)n4ccnc4n3)ccc2o1.Cl. The van der Waals surface area contributed by atoms with Crippen molar-refractivity contribution >= 4 is 47.1 Å². The third-order valence-corrected chi connectivity index (χ3v) is 8.29. The number of aryl methyl sites for hydroxylation is 1. The van der Waals surface area contributed by atoms with Crippen LogP contribution in [0.4, 0.5) is 0 Å². The van der Waals surface area contributed by atoms with Crippen molar-refractivity contribution in [3.63, 3.8) is 0 Å². The van der Waals surface area contributed by atoms with Crippen LogP contribution in [0.25, 0.3) is 16.9 Å². The molecule has 12 nitrogen and oxygen atoms in total. The van der Waals surface area contributed by atoms with Crippen molar-refractivity contribution < 1.29 is 28.6 Å². The molecular weight excluding hydrogens is 564 g/mol. The molecule has 4 N–H and O–H groups in total. The predicted octanol–water partition coefficient (Wildman–Crippen LogP) is 4.32. The highest BCUT2D eigenvalue weighted by Crippen LogP contribution is 2.56. The first-order valence-electron chi connectivity index (χ1n) is 13.2. The number of oxazole rings is 1. The van der Waals surface area contributed by atoms with E-state index in [-0.39, 0.29) is 54.9 Å². The normalized spacial score (nSPS) is 20.5. The molecule has 4 aromatic rings. The third-order valence-electron chi connectivity index (χ3n) is 8.29. The summed E-state index contributed by atoms with van der Waals surface area (Å²) in [7, 11) is 1.50. The van der Waals surface area contributed by atoms with E-state index in [0.29, 0.717) is 22.4 Å². The van der Waals surface area contributed by atoms with Crippen LogP contribution in [0.5, 0.6) is 0 Å². The van der Waals surface area contributed by atoms with Gasteiger partial charge in [0.05, 0.1) is 12.5 Å². The zero-order chi connectivity index (χ0) is 28.5. The van der Waals surface area contributed by atoms with Crippen molar-refractivity contribution in [3.05, 3.63) is 59.5 Å². The average Bonchev–Trinajstić information content (AvgIpc) is 3.61. The Bertz CT molecular complexity index is 1570. The molecule has 3 saturated carbocycles. The first kappa shape index (κ1) is 32.5. The Morgan fingerprint density at radius 1 is 1.12 bits per heavy atom. The molecule has 3 aliphatic carbocycles. The van der Waals surface area contributed by atoms with Gasteiger partial charge in [0, 0.05) is 31.9 Å². The highest BCUT2D eigenvalue weighted by atomic mass is 35.5. The molecule has 0 atom stereocenters. The van der Waals surface area contributed by atoms with Crippen LogP contribution in [0.15, 0.2) is 41.1 Å². The lowest BCUT2D eigenvalue weighted by Crippen LogP contribution is -2.49. The number of rotatable bonds is 6. The number of fused-ring (bicyclic) bond motifs is 5. The van der Waals surface area contributed by atoms with Gasteiger partial charge in [-0.15, -0.1) is 12.4 Å². The van der Waals surface area contributed by atoms with Crippen molar-refractivity contribution in [2.45, 2.75) is 59.4 Å². The first-order valence-corrected chi connectivity index (χ1v) is 13.2. The molecule has 3 fully saturated rings. The minimum absolute atomic E-state index is 0. The lowest BCUT2D eigenvalue weighted by atomic mass is 9.54. The Hall–Kier alpha value is -4.03. The van der Waals surface area contributed by atoms with Gasteiger partial charge < -0.3 is 25.3 Å². The molecular formula is C29H37ClN6O6. The van der Waals surface area contributed by atoms with Crippen LogP contribution >= 0.6 is 12.4 Å². The van der Waals surface area contributed by atoms with E-state index >= 15 is 0 Å². The quantitative estimate of drug-likeness (QED) is 0.270. The summed E-state index contributed by atoms with van der Waals surface area (Å²) in [6, 6.07) is 6.64. The fraction of sp³-hybridized carbons (Fsp3) is 0.448. The highest BCUT2D eigenvalue weighted by molar-refractivity contribution is 5.96. The Kier molecular flexibility index (Phi) is 9.95. The molecule has 1 amide bonds. The van der Waals surface area contributed by atoms with Crippen LogP contribution in [0.1, 0.15) is 78.4 Å². The number of nitrogens with two attached hydrogens (primary N) is 1. The van der Waals surface area contributed by atoms with Crippen LogP contribution in [0.3, 0.4) is 0 Å². The monoisotopic (exact) mass is 600 g/mol. The van der Waals surface area contributed by atoms with Gasteiger partial charge in [-0.2, -0.15) is 0 Å². The zero-order valence-corrected chi connectivity index (χ0v) is 23.7. The summed E-state index contributed by atoms with van der Waals surface area (Å²) in [6.07, 6.45) is 9.18. The molecule has 0 radical (unpaired) electrons. The van der Waals surface area contributed by atoms with Crippen molar-refractivity contribution in [2.75, 3.05) is 13.7 Å². The number of carboxylic acids is 1. The number of benzene rings is 1. The molecule has 2 bridgehead atoms. The molecule has 3 aliphatic rings. The van der Waals surface area contributed by atoms with E-state index in [9.17, 15) is 19.5 Å². The van der Waals surface area contributed by atoms with Gasteiger partial charge in [0.25, 0.3) is 5.91 Å². The van der Waals surface area contributed by atoms with E-state index in [4.69, 9.17) is 14.9 Å². The van der Waals surface area contributed by atoms with Gasteiger partial charge in [-0.25, -0.2) is 19.7 Å². The van der Waals surface area contributed by atoms with Crippen LogP contribution in [0, 0.1) is 17.8 Å². The van der Waals surface area contributed by atoms with Gasteiger partial charge in [0.2, 0.25) is 5.78 Å². The highest BCUT2D eigenvalue weighted by Gasteiger charge is 2.52. The molecule has 1 aromatic carbocycles. The van der Waals surface area contributed by atoms with Gasteiger partial charge in [-0.05, 0) is 68.2 Å².